The number of sulfonamides is 1. The minimum absolute atomic E-state index is 0.234. The van der Waals surface area contributed by atoms with Crippen LogP contribution >= 0.6 is 0 Å². The number of aryl methyl sites for hydroxylation is 3. The second kappa shape index (κ2) is 6.12. The molecule has 1 aromatic carbocycles. The minimum atomic E-state index is -3.16. The molecule has 6 nitrogen and oxygen atoms in total. The van der Waals surface area contributed by atoms with Crippen LogP contribution in [0.1, 0.15) is 28.9 Å². The Balaban J connectivity index is 1.84. The summed E-state index contributed by atoms with van der Waals surface area (Å²) >= 11 is 0. The first-order chi connectivity index (χ1) is 11.3. The number of rotatable bonds is 4. The van der Waals surface area contributed by atoms with E-state index in [4.69, 9.17) is 0 Å². The molecule has 0 atom stereocenters. The Kier molecular flexibility index (Phi) is 4.29. The zero-order valence-electron chi connectivity index (χ0n) is 14.6. The number of nitrogens with one attached hydrogen (secondary N) is 1. The molecule has 0 aliphatic carbocycles. The van der Waals surface area contributed by atoms with Gasteiger partial charge in [-0.1, -0.05) is 6.07 Å². The van der Waals surface area contributed by atoms with Gasteiger partial charge in [0.1, 0.15) is 0 Å². The molecule has 0 unspecified atom stereocenters. The molecule has 1 aromatic heterocycles. The normalized spacial score (nSPS) is 16.6. The second-order valence-electron chi connectivity index (χ2n) is 6.37. The molecule has 0 radical (unpaired) electrons. The molecule has 0 spiro atoms. The van der Waals surface area contributed by atoms with E-state index < -0.39 is 10.0 Å². The van der Waals surface area contributed by atoms with Gasteiger partial charge in [0, 0.05) is 37.1 Å². The van der Waals surface area contributed by atoms with E-state index in [1.54, 1.807) is 0 Å². The van der Waals surface area contributed by atoms with Gasteiger partial charge < -0.3 is 5.32 Å². The average molecular weight is 348 g/mol. The van der Waals surface area contributed by atoms with Crippen molar-refractivity contribution in [2.45, 2.75) is 33.7 Å². The van der Waals surface area contributed by atoms with E-state index in [2.05, 4.69) is 10.4 Å². The number of anilines is 2. The Morgan fingerprint density at radius 2 is 2.00 bits per heavy atom. The van der Waals surface area contributed by atoms with E-state index in [-0.39, 0.29) is 5.75 Å². The van der Waals surface area contributed by atoms with Gasteiger partial charge in [0.05, 0.1) is 17.1 Å². The Hall–Kier alpha value is -2.02. The molecule has 1 aliphatic rings. The highest BCUT2D eigenvalue weighted by Crippen LogP contribution is 2.30. The molecular formula is C17H24N4O2S. The van der Waals surface area contributed by atoms with Crippen molar-refractivity contribution in [3.05, 3.63) is 40.7 Å². The largest absolute Gasteiger partial charge is 0.381 e. The van der Waals surface area contributed by atoms with E-state index in [1.807, 2.05) is 50.7 Å². The Bertz CT molecular complexity index is 871. The van der Waals surface area contributed by atoms with Crippen LogP contribution in [0.3, 0.4) is 0 Å². The summed E-state index contributed by atoms with van der Waals surface area (Å²) in [6, 6.07) is 5.89. The molecule has 7 heteroatoms. The third kappa shape index (κ3) is 3.00. The molecule has 130 valence electrons. The third-order valence-electron chi connectivity index (χ3n) is 4.71. The molecule has 1 fully saturated rings. The van der Waals surface area contributed by atoms with Gasteiger partial charge in [0.2, 0.25) is 10.0 Å². The maximum absolute atomic E-state index is 12.2. The van der Waals surface area contributed by atoms with Crippen molar-refractivity contribution < 1.29 is 8.42 Å². The third-order valence-corrected chi connectivity index (χ3v) is 6.56. The average Bonchev–Trinajstić information content (AvgIpc) is 2.98. The van der Waals surface area contributed by atoms with Crippen LogP contribution in [0.15, 0.2) is 18.2 Å². The van der Waals surface area contributed by atoms with Crippen LogP contribution in [-0.4, -0.2) is 30.5 Å². The molecule has 1 saturated heterocycles. The predicted octanol–water partition coefficient (Wildman–Crippen LogP) is 2.50. The van der Waals surface area contributed by atoms with E-state index in [0.29, 0.717) is 19.5 Å². The van der Waals surface area contributed by atoms with Gasteiger partial charge in [0.15, 0.2) is 0 Å². The van der Waals surface area contributed by atoms with Crippen LogP contribution < -0.4 is 9.62 Å². The van der Waals surface area contributed by atoms with Gasteiger partial charge in [-0.05, 0) is 44.9 Å². The monoisotopic (exact) mass is 348 g/mol. The zero-order valence-corrected chi connectivity index (χ0v) is 15.4. The lowest BCUT2D eigenvalue weighted by Gasteiger charge is -2.20. The lowest BCUT2D eigenvalue weighted by Crippen LogP contribution is -2.25. The summed E-state index contributed by atoms with van der Waals surface area (Å²) in [4.78, 5) is 0. The first kappa shape index (κ1) is 16.8. The summed E-state index contributed by atoms with van der Waals surface area (Å²) in [5.41, 5.74) is 5.98. The van der Waals surface area contributed by atoms with E-state index in [9.17, 15) is 8.42 Å². The summed E-state index contributed by atoms with van der Waals surface area (Å²) in [6.45, 7) is 7.23. The molecule has 0 saturated carbocycles. The molecule has 1 N–H and O–H groups in total. The molecule has 2 aromatic rings. The van der Waals surface area contributed by atoms with Crippen molar-refractivity contribution >= 4 is 21.4 Å². The summed E-state index contributed by atoms with van der Waals surface area (Å²) in [5.74, 6) is 0.234. The molecule has 24 heavy (non-hydrogen) atoms. The van der Waals surface area contributed by atoms with Crippen molar-refractivity contribution in [3.63, 3.8) is 0 Å². The van der Waals surface area contributed by atoms with Gasteiger partial charge in [0.25, 0.3) is 0 Å². The number of hydrogen-bond acceptors (Lipinski definition) is 4. The van der Waals surface area contributed by atoms with Gasteiger partial charge in [-0.2, -0.15) is 5.10 Å². The van der Waals surface area contributed by atoms with Crippen LogP contribution in [0, 0.1) is 20.8 Å². The highest BCUT2D eigenvalue weighted by Gasteiger charge is 2.29. The van der Waals surface area contributed by atoms with Crippen LogP contribution in [0.25, 0.3) is 0 Å². The van der Waals surface area contributed by atoms with Crippen LogP contribution in [0.2, 0.25) is 0 Å². The van der Waals surface area contributed by atoms with Crippen LogP contribution in [-0.2, 0) is 23.6 Å². The molecule has 0 amide bonds. The first-order valence-corrected chi connectivity index (χ1v) is 9.74. The Morgan fingerprint density at radius 3 is 2.58 bits per heavy atom. The van der Waals surface area contributed by atoms with Gasteiger partial charge in [-0.25, -0.2) is 8.42 Å². The van der Waals surface area contributed by atoms with Crippen LogP contribution in [0.5, 0.6) is 0 Å². The van der Waals surface area contributed by atoms with Crippen molar-refractivity contribution in [1.29, 1.82) is 0 Å². The molecule has 1 aliphatic heterocycles. The smallest absolute Gasteiger partial charge is 0.235 e. The number of nitrogens with zero attached hydrogens (tertiary/aromatic N) is 3. The van der Waals surface area contributed by atoms with E-state index >= 15 is 0 Å². The quantitative estimate of drug-likeness (QED) is 0.922. The molecule has 3 rings (SSSR count). The van der Waals surface area contributed by atoms with E-state index in [0.717, 1.165) is 28.3 Å². The maximum atomic E-state index is 12.2. The van der Waals surface area contributed by atoms with Gasteiger partial charge >= 0.3 is 0 Å². The fourth-order valence-electron chi connectivity index (χ4n) is 3.16. The fraction of sp³-hybridized carbons (Fsp3) is 0.471. The molecular weight excluding hydrogens is 324 g/mol. The van der Waals surface area contributed by atoms with Crippen molar-refractivity contribution in [2.75, 3.05) is 21.9 Å². The topological polar surface area (TPSA) is 67.2 Å². The van der Waals surface area contributed by atoms with Gasteiger partial charge in [-0.15, -0.1) is 0 Å². The van der Waals surface area contributed by atoms with Gasteiger partial charge in [-0.3, -0.25) is 8.99 Å². The summed E-state index contributed by atoms with van der Waals surface area (Å²) in [6.07, 6.45) is 0.688. The number of hydrogen-bond donors (Lipinski definition) is 1. The zero-order chi connectivity index (χ0) is 17.5. The fourth-order valence-corrected chi connectivity index (χ4v) is 4.78. The second-order valence-corrected chi connectivity index (χ2v) is 8.38. The number of aromatic nitrogens is 2. The summed E-state index contributed by atoms with van der Waals surface area (Å²) < 4.78 is 27.8. The highest BCUT2D eigenvalue weighted by atomic mass is 32.2. The summed E-state index contributed by atoms with van der Waals surface area (Å²) in [7, 11) is -1.23. The Labute approximate surface area is 143 Å². The Morgan fingerprint density at radius 1 is 1.25 bits per heavy atom. The van der Waals surface area contributed by atoms with E-state index in [1.165, 1.54) is 9.87 Å². The predicted molar refractivity (Wildman–Crippen MR) is 96.9 cm³/mol. The molecule has 2 heterocycles. The minimum Gasteiger partial charge on any atom is -0.381 e. The van der Waals surface area contributed by atoms with Crippen LogP contribution in [0.4, 0.5) is 11.4 Å². The van der Waals surface area contributed by atoms with Crippen molar-refractivity contribution in [1.82, 2.24) is 9.78 Å². The lowest BCUT2D eigenvalue weighted by atomic mass is 10.1. The highest BCUT2D eigenvalue weighted by molar-refractivity contribution is 7.93. The number of benzene rings is 1. The SMILES string of the molecule is Cc1ccc(NCc2c(C)nn(C)c2C)cc1N1CCCS1(=O)=O. The first-order valence-electron chi connectivity index (χ1n) is 8.13. The molecule has 0 bridgehead atoms. The standard InChI is InChI=1S/C17H24N4O2S/c1-12-6-7-15(10-17(12)21-8-5-9-24(21,22)23)18-11-16-13(2)19-20(4)14(16)3/h6-7,10,18H,5,8-9,11H2,1-4H3. The summed E-state index contributed by atoms with van der Waals surface area (Å²) in [5, 5.41) is 7.83. The van der Waals surface area contributed by atoms with Crippen molar-refractivity contribution in [3.8, 4) is 0 Å². The maximum Gasteiger partial charge on any atom is 0.235 e. The lowest BCUT2D eigenvalue weighted by molar-refractivity contribution is 0.599. The van der Waals surface area contributed by atoms with Crippen molar-refractivity contribution in [2.24, 2.45) is 7.05 Å².